The van der Waals surface area contributed by atoms with Gasteiger partial charge in [0.2, 0.25) is 0 Å². The van der Waals surface area contributed by atoms with Crippen LogP contribution in [0.2, 0.25) is 0 Å². The lowest BCUT2D eigenvalue weighted by molar-refractivity contribution is -0.140. The molecule has 0 aromatic carbocycles. The number of morpholine rings is 1. The highest BCUT2D eigenvalue weighted by Gasteiger charge is 2.31. The van der Waals surface area contributed by atoms with Crippen LogP contribution in [0.1, 0.15) is 35.0 Å². The molecule has 0 bridgehead atoms. The number of aryl methyl sites for hydroxylation is 2. The lowest BCUT2D eigenvalue weighted by Crippen LogP contribution is -2.47. The van der Waals surface area contributed by atoms with Gasteiger partial charge in [0, 0.05) is 23.5 Å². The Morgan fingerprint density at radius 1 is 1.63 bits per heavy atom. The first-order valence-corrected chi connectivity index (χ1v) is 7.30. The maximum absolute atomic E-state index is 11.0. The van der Waals surface area contributed by atoms with Crippen molar-refractivity contribution in [2.75, 3.05) is 19.8 Å². The Balaban J connectivity index is 2.17. The third-order valence-electron chi connectivity index (χ3n) is 3.50. The first-order chi connectivity index (χ1) is 8.99. The predicted octanol–water partition coefficient (Wildman–Crippen LogP) is 2.00. The van der Waals surface area contributed by atoms with Gasteiger partial charge in [-0.2, -0.15) is 0 Å². The molecule has 1 N–H and O–H groups in total. The fraction of sp³-hybridized carbons (Fsp3) is 0.692. The van der Waals surface area contributed by atoms with Crippen molar-refractivity contribution in [3.8, 4) is 0 Å². The van der Waals surface area contributed by atoms with Crippen LogP contribution in [-0.4, -0.2) is 46.8 Å². The number of thiazole rings is 1. The lowest BCUT2D eigenvalue weighted by Gasteiger charge is -2.38. The molecular formula is C13H20N2O3S. The minimum atomic E-state index is -0.773. The van der Waals surface area contributed by atoms with Crippen LogP contribution in [0.4, 0.5) is 0 Å². The van der Waals surface area contributed by atoms with Crippen molar-refractivity contribution in [2.45, 2.75) is 39.3 Å². The van der Waals surface area contributed by atoms with Crippen LogP contribution in [-0.2, 0) is 9.53 Å². The molecule has 2 unspecified atom stereocenters. The molecule has 2 rings (SSSR count). The van der Waals surface area contributed by atoms with E-state index in [4.69, 9.17) is 9.84 Å². The van der Waals surface area contributed by atoms with E-state index in [0.29, 0.717) is 13.2 Å². The highest BCUT2D eigenvalue weighted by Crippen LogP contribution is 2.31. The van der Waals surface area contributed by atoms with Crippen LogP contribution < -0.4 is 0 Å². The summed E-state index contributed by atoms with van der Waals surface area (Å²) in [6, 6.07) is 0.141. The highest BCUT2D eigenvalue weighted by molar-refractivity contribution is 7.11. The molecule has 19 heavy (non-hydrogen) atoms. The molecule has 1 aliphatic rings. The molecule has 106 valence electrons. The van der Waals surface area contributed by atoms with Gasteiger partial charge in [-0.05, 0) is 20.8 Å². The van der Waals surface area contributed by atoms with E-state index >= 15 is 0 Å². The molecule has 1 aromatic rings. The molecule has 6 heteroatoms. The maximum atomic E-state index is 11.0. The Bertz CT molecular complexity index is 461. The summed E-state index contributed by atoms with van der Waals surface area (Å²) >= 11 is 1.70. The summed E-state index contributed by atoms with van der Waals surface area (Å²) in [5, 5.41) is 10.1. The van der Waals surface area contributed by atoms with E-state index in [-0.39, 0.29) is 18.5 Å². The molecule has 0 radical (unpaired) electrons. The van der Waals surface area contributed by atoms with E-state index in [9.17, 15) is 4.79 Å². The molecule has 0 saturated carbocycles. The summed E-state index contributed by atoms with van der Waals surface area (Å²) < 4.78 is 5.42. The smallest absolute Gasteiger partial charge is 0.305 e. The van der Waals surface area contributed by atoms with Gasteiger partial charge < -0.3 is 9.84 Å². The molecule has 1 aromatic heterocycles. The Labute approximate surface area is 117 Å². The topological polar surface area (TPSA) is 62.7 Å². The summed E-state index contributed by atoms with van der Waals surface area (Å²) in [4.78, 5) is 18.9. The summed E-state index contributed by atoms with van der Waals surface area (Å²) in [6.07, 6.45) is 0.126. The van der Waals surface area contributed by atoms with Crippen LogP contribution in [0.25, 0.3) is 0 Å². The number of hydrogen-bond donors (Lipinski definition) is 1. The Morgan fingerprint density at radius 2 is 2.37 bits per heavy atom. The molecule has 5 nitrogen and oxygen atoms in total. The number of carboxylic acids is 1. The van der Waals surface area contributed by atoms with Crippen LogP contribution in [0, 0.1) is 13.8 Å². The van der Waals surface area contributed by atoms with Crippen molar-refractivity contribution in [3.05, 3.63) is 15.6 Å². The second-order valence-corrected chi connectivity index (χ2v) is 6.16. The number of aromatic nitrogens is 1. The van der Waals surface area contributed by atoms with E-state index in [1.165, 1.54) is 4.88 Å². The average Bonchev–Trinajstić information content (AvgIpc) is 2.67. The van der Waals surface area contributed by atoms with Gasteiger partial charge in [0.05, 0.1) is 30.3 Å². The zero-order chi connectivity index (χ0) is 14.0. The monoisotopic (exact) mass is 284 g/mol. The third-order valence-corrected chi connectivity index (χ3v) is 4.74. The van der Waals surface area contributed by atoms with Crippen molar-refractivity contribution in [1.29, 1.82) is 0 Å². The van der Waals surface area contributed by atoms with Crippen LogP contribution in [0.15, 0.2) is 0 Å². The molecule has 2 heterocycles. The summed E-state index contributed by atoms with van der Waals surface area (Å²) in [5.74, 6) is -0.773. The van der Waals surface area contributed by atoms with Crippen molar-refractivity contribution in [1.82, 2.24) is 9.88 Å². The molecular weight excluding hydrogens is 264 g/mol. The van der Waals surface area contributed by atoms with Crippen molar-refractivity contribution >= 4 is 17.3 Å². The van der Waals surface area contributed by atoms with Crippen molar-refractivity contribution in [3.63, 3.8) is 0 Å². The summed E-state index contributed by atoms with van der Waals surface area (Å²) in [7, 11) is 0. The van der Waals surface area contributed by atoms with Gasteiger partial charge in [0.25, 0.3) is 0 Å². The summed E-state index contributed by atoms with van der Waals surface area (Å²) in [6.45, 7) is 8.07. The van der Waals surface area contributed by atoms with E-state index in [0.717, 1.165) is 17.2 Å². The Kier molecular flexibility index (Phi) is 4.54. The van der Waals surface area contributed by atoms with Gasteiger partial charge in [-0.25, -0.2) is 4.98 Å². The van der Waals surface area contributed by atoms with E-state index in [2.05, 4.69) is 16.8 Å². The number of ether oxygens (including phenoxy) is 1. The van der Waals surface area contributed by atoms with Gasteiger partial charge in [0.15, 0.2) is 0 Å². The Morgan fingerprint density at radius 3 is 2.95 bits per heavy atom. The molecule has 0 amide bonds. The van der Waals surface area contributed by atoms with Crippen LogP contribution in [0.5, 0.6) is 0 Å². The third kappa shape index (κ3) is 3.32. The van der Waals surface area contributed by atoms with Gasteiger partial charge in [-0.3, -0.25) is 9.69 Å². The molecule has 1 aliphatic heterocycles. The predicted molar refractivity (Wildman–Crippen MR) is 73.6 cm³/mol. The standard InChI is InChI=1S/C13H20N2O3S/c1-8-13(19-10(3)14-8)9(2)15-4-5-18-7-11(15)6-12(16)17/h9,11H,4-7H2,1-3H3,(H,16,17). The second-order valence-electron chi connectivity index (χ2n) is 4.92. The first kappa shape index (κ1) is 14.4. The SMILES string of the molecule is Cc1nc(C)c(C(C)N2CCOCC2CC(=O)O)s1. The number of rotatable bonds is 4. The van der Waals surface area contributed by atoms with Crippen molar-refractivity contribution in [2.24, 2.45) is 0 Å². The number of nitrogens with zero attached hydrogens (tertiary/aromatic N) is 2. The van der Waals surface area contributed by atoms with Gasteiger partial charge in [-0.1, -0.05) is 0 Å². The summed E-state index contributed by atoms with van der Waals surface area (Å²) in [5.41, 5.74) is 1.05. The van der Waals surface area contributed by atoms with Crippen LogP contribution >= 0.6 is 11.3 Å². The van der Waals surface area contributed by atoms with Gasteiger partial charge in [0.1, 0.15) is 0 Å². The number of carboxylic acid groups (broad SMARTS) is 1. The Hall–Kier alpha value is -0.980. The molecule has 1 fully saturated rings. The number of aliphatic carboxylic acids is 1. The van der Waals surface area contributed by atoms with E-state index in [1.807, 2.05) is 13.8 Å². The molecule has 2 atom stereocenters. The zero-order valence-electron chi connectivity index (χ0n) is 11.5. The second kappa shape index (κ2) is 5.98. The van der Waals surface area contributed by atoms with Crippen LogP contribution in [0.3, 0.4) is 0 Å². The lowest BCUT2D eigenvalue weighted by atomic mass is 10.1. The maximum Gasteiger partial charge on any atom is 0.305 e. The van der Waals surface area contributed by atoms with E-state index < -0.39 is 5.97 Å². The first-order valence-electron chi connectivity index (χ1n) is 6.48. The highest BCUT2D eigenvalue weighted by atomic mass is 32.1. The zero-order valence-corrected chi connectivity index (χ0v) is 12.4. The fourth-order valence-electron chi connectivity index (χ4n) is 2.64. The molecule has 0 aliphatic carbocycles. The van der Waals surface area contributed by atoms with Crippen molar-refractivity contribution < 1.29 is 14.6 Å². The normalized spacial score (nSPS) is 22.4. The minimum Gasteiger partial charge on any atom is -0.481 e. The fourth-order valence-corrected chi connectivity index (χ4v) is 3.64. The van der Waals surface area contributed by atoms with Gasteiger partial charge >= 0.3 is 5.97 Å². The number of carbonyl (C=O) groups is 1. The van der Waals surface area contributed by atoms with Gasteiger partial charge in [-0.15, -0.1) is 11.3 Å². The quantitative estimate of drug-likeness (QED) is 0.916. The minimum absolute atomic E-state index is 0.0527. The average molecular weight is 284 g/mol. The van der Waals surface area contributed by atoms with E-state index in [1.54, 1.807) is 11.3 Å². The molecule has 0 spiro atoms. The largest absolute Gasteiger partial charge is 0.481 e. The number of hydrogen-bond acceptors (Lipinski definition) is 5. The molecule has 1 saturated heterocycles.